The first kappa shape index (κ1) is 15.5. The molecule has 21 heavy (non-hydrogen) atoms. The van der Waals surface area contributed by atoms with Crippen molar-refractivity contribution in [1.29, 1.82) is 0 Å². The molecule has 2 rings (SSSR count). The minimum Gasteiger partial charge on any atom is -0.395 e. The molecule has 1 amide bonds. The molecule has 3 nitrogen and oxygen atoms in total. The predicted octanol–water partition coefficient (Wildman–Crippen LogP) is 2.48. The minimum absolute atomic E-state index is 0.0455. The number of carbonyl (C=O) groups excluding carboxylic acids is 1. The number of benzene rings is 1. The van der Waals surface area contributed by atoms with Crippen molar-refractivity contribution in [1.82, 2.24) is 5.32 Å². The van der Waals surface area contributed by atoms with E-state index in [1.54, 1.807) is 6.07 Å². The van der Waals surface area contributed by atoms with Crippen LogP contribution in [0.3, 0.4) is 0 Å². The maximum Gasteiger partial charge on any atom is 0.251 e. The summed E-state index contributed by atoms with van der Waals surface area (Å²) in [6.07, 6.45) is 5.11. The Kier molecular flexibility index (Phi) is 5.77. The fourth-order valence-corrected chi connectivity index (χ4v) is 2.24. The van der Waals surface area contributed by atoms with E-state index < -0.39 is 5.82 Å². The Hall–Kier alpha value is -1.86. The lowest BCUT2D eigenvalue weighted by atomic mass is 9.83. The smallest absolute Gasteiger partial charge is 0.251 e. The average Bonchev–Trinajstić information content (AvgIpc) is 2.43. The molecular weight excluding hydrogens is 269 g/mol. The summed E-state index contributed by atoms with van der Waals surface area (Å²) in [7, 11) is 0. The van der Waals surface area contributed by atoms with Crippen molar-refractivity contribution in [2.75, 3.05) is 13.2 Å². The van der Waals surface area contributed by atoms with Crippen molar-refractivity contribution in [3.8, 4) is 11.8 Å². The summed E-state index contributed by atoms with van der Waals surface area (Å²) < 4.78 is 13.8. The highest BCUT2D eigenvalue weighted by Crippen LogP contribution is 2.28. The molecule has 112 valence electrons. The van der Waals surface area contributed by atoms with E-state index in [1.807, 2.05) is 0 Å². The number of amides is 1. The van der Waals surface area contributed by atoms with Gasteiger partial charge in [-0.15, -0.1) is 0 Å². The average molecular weight is 289 g/mol. The molecule has 4 heteroatoms. The van der Waals surface area contributed by atoms with Gasteiger partial charge in [-0.2, -0.15) is 0 Å². The quantitative estimate of drug-likeness (QED) is 0.818. The Morgan fingerprint density at radius 1 is 1.43 bits per heavy atom. The van der Waals surface area contributed by atoms with Crippen LogP contribution in [-0.2, 0) is 0 Å². The number of hydrogen-bond donors (Lipinski definition) is 2. The molecule has 1 aromatic carbocycles. The summed E-state index contributed by atoms with van der Waals surface area (Å²) >= 11 is 0. The third kappa shape index (κ3) is 4.57. The lowest BCUT2D eigenvalue weighted by molar-refractivity contribution is 0.0948. The van der Waals surface area contributed by atoms with Crippen LogP contribution in [-0.4, -0.2) is 24.2 Å². The highest BCUT2D eigenvalue weighted by molar-refractivity contribution is 5.94. The Labute approximate surface area is 124 Å². The first-order valence-corrected chi connectivity index (χ1v) is 7.38. The van der Waals surface area contributed by atoms with Gasteiger partial charge in [0.1, 0.15) is 5.82 Å². The Morgan fingerprint density at radius 2 is 2.24 bits per heavy atom. The van der Waals surface area contributed by atoms with Gasteiger partial charge in [0, 0.05) is 18.5 Å². The highest BCUT2D eigenvalue weighted by atomic mass is 19.1. The van der Waals surface area contributed by atoms with Crippen LogP contribution in [0.15, 0.2) is 18.2 Å². The van der Waals surface area contributed by atoms with Crippen LogP contribution in [0.2, 0.25) is 0 Å². The van der Waals surface area contributed by atoms with E-state index in [2.05, 4.69) is 17.2 Å². The summed E-state index contributed by atoms with van der Waals surface area (Å²) in [5.41, 5.74) is 0.559. The zero-order valence-electron chi connectivity index (χ0n) is 12.0. The molecule has 0 spiro atoms. The van der Waals surface area contributed by atoms with Gasteiger partial charge < -0.3 is 10.4 Å². The first-order chi connectivity index (χ1) is 10.2. The van der Waals surface area contributed by atoms with Crippen LogP contribution in [0, 0.1) is 23.6 Å². The number of halogens is 1. The van der Waals surface area contributed by atoms with Crippen LogP contribution in [0.4, 0.5) is 4.39 Å². The maximum atomic E-state index is 13.8. The largest absolute Gasteiger partial charge is 0.395 e. The second-order valence-electron chi connectivity index (χ2n) is 5.31. The van der Waals surface area contributed by atoms with Crippen LogP contribution in [0.5, 0.6) is 0 Å². The fraction of sp³-hybridized carbons (Fsp3) is 0.471. The number of aliphatic hydroxyl groups is 1. The van der Waals surface area contributed by atoms with Crippen LogP contribution < -0.4 is 5.32 Å². The van der Waals surface area contributed by atoms with Gasteiger partial charge in [-0.05, 0) is 30.5 Å². The molecular formula is C17H20FNO2. The topological polar surface area (TPSA) is 49.3 Å². The van der Waals surface area contributed by atoms with Crippen LogP contribution in [0.1, 0.15) is 48.0 Å². The fourth-order valence-electron chi connectivity index (χ4n) is 2.24. The molecule has 0 radical (unpaired) electrons. The van der Waals surface area contributed by atoms with E-state index in [4.69, 9.17) is 5.11 Å². The van der Waals surface area contributed by atoms with E-state index >= 15 is 0 Å². The Bertz CT molecular complexity index is 556. The summed E-state index contributed by atoms with van der Waals surface area (Å²) in [5.74, 6) is 5.28. The van der Waals surface area contributed by atoms with Crippen LogP contribution in [0.25, 0.3) is 0 Å². The van der Waals surface area contributed by atoms with Gasteiger partial charge in [0.2, 0.25) is 0 Å². The normalized spacial score (nSPS) is 14.0. The van der Waals surface area contributed by atoms with Crippen molar-refractivity contribution in [2.24, 2.45) is 5.92 Å². The van der Waals surface area contributed by atoms with E-state index in [-0.39, 0.29) is 18.1 Å². The zero-order valence-corrected chi connectivity index (χ0v) is 12.0. The van der Waals surface area contributed by atoms with Crippen molar-refractivity contribution in [3.63, 3.8) is 0 Å². The molecule has 0 aliphatic heterocycles. The molecule has 1 aromatic rings. The predicted molar refractivity (Wildman–Crippen MR) is 79.3 cm³/mol. The molecule has 1 fully saturated rings. The summed E-state index contributed by atoms with van der Waals surface area (Å²) in [6.45, 7) is 0.597. The molecule has 1 aliphatic rings. The number of aliphatic hydroxyl groups excluding tert-OH is 1. The van der Waals surface area contributed by atoms with Gasteiger partial charge in [-0.25, -0.2) is 4.39 Å². The third-order valence-corrected chi connectivity index (χ3v) is 3.75. The molecule has 1 aliphatic carbocycles. The number of hydrogen-bond acceptors (Lipinski definition) is 2. The molecule has 0 heterocycles. The molecule has 2 N–H and O–H groups in total. The summed E-state index contributed by atoms with van der Waals surface area (Å²) in [6, 6.07) is 4.28. The van der Waals surface area contributed by atoms with Crippen molar-refractivity contribution in [3.05, 3.63) is 35.1 Å². The molecule has 0 unspecified atom stereocenters. The molecule has 0 saturated heterocycles. The SMILES string of the molecule is O=C(NCCC1CCC1)c1ccc(C#CCCO)c(F)c1. The second kappa shape index (κ2) is 7.80. The highest BCUT2D eigenvalue weighted by Gasteiger charge is 2.17. The van der Waals surface area contributed by atoms with Gasteiger partial charge in [-0.3, -0.25) is 4.79 Å². The third-order valence-electron chi connectivity index (χ3n) is 3.75. The van der Waals surface area contributed by atoms with Crippen LogP contribution >= 0.6 is 0 Å². The van der Waals surface area contributed by atoms with Gasteiger partial charge in [0.05, 0.1) is 12.2 Å². The Morgan fingerprint density at radius 3 is 2.86 bits per heavy atom. The Balaban J connectivity index is 1.89. The lowest BCUT2D eigenvalue weighted by Crippen LogP contribution is -2.27. The van der Waals surface area contributed by atoms with E-state index in [1.165, 1.54) is 31.4 Å². The van der Waals surface area contributed by atoms with E-state index in [0.29, 0.717) is 18.5 Å². The summed E-state index contributed by atoms with van der Waals surface area (Å²) in [4.78, 5) is 11.9. The van der Waals surface area contributed by atoms with Crippen molar-refractivity contribution >= 4 is 5.91 Å². The molecule has 0 aromatic heterocycles. The standard InChI is InChI=1S/C17H20FNO2/c18-16-12-15(8-7-14(16)6-1-2-11-20)17(21)19-10-9-13-4-3-5-13/h7-8,12-13,20H,2-5,9-11H2,(H,19,21). The van der Waals surface area contributed by atoms with Gasteiger partial charge in [0.15, 0.2) is 0 Å². The monoisotopic (exact) mass is 289 g/mol. The van der Waals surface area contributed by atoms with E-state index in [9.17, 15) is 9.18 Å². The number of carbonyl (C=O) groups is 1. The molecule has 0 bridgehead atoms. The van der Waals surface area contributed by atoms with Gasteiger partial charge in [-0.1, -0.05) is 31.1 Å². The minimum atomic E-state index is -0.507. The first-order valence-electron chi connectivity index (χ1n) is 7.38. The van der Waals surface area contributed by atoms with E-state index in [0.717, 1.165) is 12.3 Å². The van der Waals surface area contributed by atoms with Crippen molar-refractivity contribution < 1.29 is 14.3 Å². The number of rotatable bonds is 5. The molecule has 1 saturated carbocycles. The summed E-state index contributed by atoms with van der Waals surface area (Å²) in [5, 5.41) is 11.4. The lowest BCUT2D eigenvalue weighted by Gasteiger charge is -2.25. The maximum absolute atomic E-state index is 13.8. The van der Waals surface area contributed by atoms with Gasteiger partial charge in [0.25, 0.3) is 5.91 Å². The van der Waals surface area contributed by atoms with Gasteiger partial charge >= 0.3 is 0 Å². The number of nitrogens with one attached hydrogen (secondary N) is 1. The zero-order chi connectivity index (χ0) is 15.1. The second-order valence-corrected chi connectivity index (χ2v) is 5.31. The van der Waals surface area contributed by atoms with Crippen molar-refractivity contribution in [2.45, 2.75) is 32.1 Å². The molecule has 0 atom stereocenters.